The molecule has 1 aromatic rings. The summed E-state index contributed by atoms with van der Waals surface area (Å²) in [4.78, 5) is 18.0. The molecule has 1 aliphatic heterocycles. The van der Waals surface area contributed by atoms with Gasteiger partial charge >= 0.3 is 0 Å². The summed E-state index contributed by atoms with van der Waals surface area (Å²) in [5, 5.41) is 6.67. The van der Waals surface area contributed by atoms with Gasteiger partial charge in [0.1, 0.15) is 5.75 Å². The molecule has 0 radical (unpaired) electrons. The second-order valence-electron chi connectivity index (χ2n) is 7.06. The maximum absolute atomic E-state index is 11.4. The minimum absolute atomic E-state index is 0. The number of nitrogens with zero attached hydrogens (tertiary/aromatic N) is 2. The fourth-order valence-electron chi connectivity index (χ4n) is 3.40. The predicted molar refractivity (Wildman–Crippen MR) is 124 cm³/mol. The number of methoxy groups -OCH3 is 1. The first-order valence-corrected chi connectivity index (χ1v) is 9.63. The number of aryl methyl sites for hydroxylation is 1. The highest BCUT2D eigenvalue weighted by Gasteiger charge is 2.23. The van der Waals surface area contributed by atoms with Crippen LogP contribution in [0.3, 0.4) is 0 Å². The molecule has 0 aliphatic carbocycles. The third kappa shape index (κ3) is 7.83. The number of nitrogens with two attached hydrogens (primary N) is 1. The second kappa shape index (κ2) is 12.8. The van der Waals surface area contributed by atoms with Crippen molar-refractivity contribution in [2.45, 2.75) is 32.7 Å². The lowest BCUT2D eigenvalue weighted by Crippen LogP contribution is -2.42. The van der Waals surface area contributed by atoms with E-state index < -0.39 is 0 Å². The largest absolute Gasteiger partial charge is 0.496 e. The molecule has 1 aromatic carbocycles. The van der Waals surface area contributed by atoms with E-state index in [-0.39, 0.29) is 35.8 Å². The predicted octanol–water partition coefficient (Wildman–Crippen LogP) is 1.87. The van der Waals surface area contributed by atoms with E-state index in [0.717, 1.165) is 62.7 Å². The van der Waals surface area contributed by atoms with Crippen molar-refractivity contribution in [1.29, 1.82) is 0 Å². The van der Waals surface area contributed by atoms with Gasteiger partial charge in [-0.3, -0.25) is 9.79 Å². The maximum Gasteiger partial charge on any atom is 0.221 e. The van der Waals surface area contributed by atoms with Gasteiger partial charge in [0.15, 0.2) is 5.96 Å². The molecule has 1 fully saturated rings. The van der Waals surface area contributed by atoms with Crippen LogP contribution in [0.4, 0.5) is 0 Å². The van der Waals surface area contributed by atoms with Gasteiger partial charge in [-0.2, -0.15) is 0 Å². The van der Waals surface area contributed by atoms with Crippen LogP contribution in [-0.2, 0) is 11.3 Å². The fraction of sp³-hybridized carbons (Fsp3) is 0.600. The summed E-state index contributed by atoms with van der Waals surface area (Å²) in [5.74, 6) is 1.48. The molecule has 2 rings (SSSR count). The van der Waals surface area contributed by atoms with Gasteiger partial charge in [-0.15, -0.1) is 24.0 Å². The van der Waals surface area contributed by atoms with Crippen LogP contribution in [0.2, 0.25) is 0 Å². The molecule has 8 heteroatoms. The van der Waals surface area contributed by atoms with Crippen LogP contribution in [0.1, 0.15) is 30.4 Å². The Hall–Kier alpha value is -1.55. The smallest absolute Gasteiger partial charge is 0.221 e. The standard InChI is InChI=1S/C20H33N5O2.HI/c1-15-7-8-16(18(12-15)27-3)13-24-20(22-2)23-9-5-11-25-10-4-6-17(14-25)19(21)26;/h7-8,12,17H,4-6,9-11,13-14H2,1-3H3,(H2,21,26)(H2,22,23,24);1H. The number of amides is 1. The molecule has 0 saturated carbocycles. The number of primary amides is 1. The number of ether oxygens (including phenoxy) is 1. The second-order valence-corrected chi connectivity index (χ2v) is 7.06. The van der Waals surface area contributed by atoms with Gasteiger partial charge in [-0.05, 0) is 50.9 Å². The average Bonchev–Trinajstić information content (AvgIpc) is 2.68. The Bertz CT molecular complexity index is 653. The summed E-state index contributed by atoms with van der Waals surface area (Å²) in [5.41, 5.74) is 7.71. The molecular formula is C20H34IN5O2. The molecule has 28 heavy (non-hydrogen) atoms. The molecule has 1 unspecified atom stereocenters. The molecule has 4 N–H and O–H groups in total. The number of benzene rings is 1. The molecule has 0 bridgehead atoms. The van der Waals surface area contributed by atoms with Crippen molar-refractivity contribution in [3.63, 3.8) is 0 Å². The molecule has 1 amide bonds. The van der Waals surface area contributed by atoms with Crippen LogP contribution >= 0.6 is 24.0 Å². The molecule has 1 saturated heterocycles. The fourth-order valence-corrected chi connectivity index (χ4v) is 3.40. The van der Waals surface area contributed by atoms with Gasteiger partial charge in [-0.25, -0.2) is 0 Å². The molecule has 1 heterocycles. The van der Waals surface area contributed by atoms with Crippen LogP contribution in [0, 0.1) is 12.8 Å². The van der Waals surface area contributed by atoms with E-state index in [4.69, 9.17) is 10.5 Å². The first-order valence-electron chi connectivity index (χ1n) is 9.63. The first-order chi connectivity index (χ1) is 13.0. The van der Waals surface area contributed by atoms with E-state index in [1.54, 1.807) is 14.2 Å². The number of rotatable bonds is 8. The Labute approximate surface area is 185 Å². The highest BCUT2D eigenvalue weighted by atomic mass is 127. The van der Waals surface area contributed by atoms with E-state index in [0.29, 0.717) is 6.54 Å². The summed E-state index contributed by atoms with van der Waals surface area (Å²) in [7, 11) is 3.46. The van der Waals surface area contributed by atoms with Crippen LogP contribution in [0.15, 0.2) is 23.2 Å². The third-order valence-corrected chi connectivity index (χ3v) is 4.96. The van der Waals surface area contributed by atoms with E-state index in [2.05, 4.69) is 32.7 Å². The zero-order valence-corrected chi connectivity index (χ0v) is 19.5. The van der Waals surface area contributed by atoms with E-state index in [1.807, 2.05) is 13.0 Å². The van der Waals surface area contributed by atoms with Crippen LogP contribution < -0.4 is 21.1 Å². The minimum Gasteiger partial charge on any atom is -0.496 e. The van der Waals surface area contributed by atoms with E-state index in [9.17, 15) is 4.79 Å². The van der Waals surface area contributed by atoms with Crippen molar-refractivity contribution >= 4 is 35.8 Å². The van der Waals surface area contributed by atoms with E-state index >= 15 is 0 Å². The number of halogens is 1. The van der Waals surface area contributed by atoms with E-state index in [1.165, 1.54) is 5.56 Å². The minimum atomic E-state index is -0.172. The zero-order valence-electron chi connectivity index (χ0n) is 17.2. The van der Waals surface area contributed by atoms with Crippen LogP contribution in [0.25, 0.3) is 0 Å². The third-order valence-electron chi connectivity index (χ3n) is 4.96. The lowest BCUT2D eigenvalue weighted by molar-refractivity contribution is -0.123. The number of guanidine groups is 1. The Balaban J connectivity index is 0.00000392. The van der Waals surface area contributed by atoms with Crippen molar-refractivity contribution < 1.29 is 9.53 Å². The highest BCUT2D eigenvalue weighted by molar-refractivity contribution is 14.0. The van der Waals surface area contributed by atoms with Gasteiger partial charge < -0.3 is 26.0 Å². The lowest BCUT2D eigenvalue weighted by Gasteiger charge is -2.31. The Kier molecular flexibility index (Phi) is 11.2. The van der Waals surface area contributed by atoms with Crippen molar-refractivity contribution in [2.24, 2.45) is 16.6 Å². The van der Waals surface area contributed by atoms with Crippen molar-refractivity contribution in [1.82, 2.24) is 15.5 Å². The number of aliphatic imine (C=N–C) groups is 1. The molecule has 158 valence electrons. The zero-order chi connectivity index (χ0) is 19.6. The number of hydrogen-bond acceptors (Lipinski definition) is 4. The number of piperidine rings is 1. The monoisotopic (exact) mass is 503 g/mol. The van der Waals surface area contributed by atoms with Gasteiger partial charge in [0.2, 0.25) is 5.91 Å². The summed E-state index contributed by atoms with van der Waals surface area (Å²) in [6.07, 6.45) is 2.95. The molecule has 0 aromatic heterocycles. The maximum atomic E-state index is 11.4. The molecule has 0 spiro atoms. The Morgan fingerprint density at radius 2 is 2.18 bits per heavy atom. The molecule has 7 nitrogen and oxygen atoms in total. The van der Waals surface area contributed by atoms with Gasteiger partial charge in [0.25, 0.3) is 0 Å². The molecule has 1 aliphatic rings. The van der Waals surface area contributed by atoms with Crippen LogP contribution in [-0.4, -0.2) is 57.1 Å². The van der Waals surface area contributed by atoms with Gasteiger partial charge in [0, 0.05) is 32.2 Å². The first kappa shape index (κ1) is 24.5. The normalized spacial score (nSPS) is 17.5. The highest BCUT2D eigenvalue weighted by Crippen LogP contribution is 2.19. The summed E-state index contributed by atoms with van der Waals surface area (Å²) in [6, 6.07) is 6.18. The molecule has 1 atom stereocenters. The quantitative estimate of drug-likeness (QED) is 0.218. The Morgan fingerprint density at radius 1 is 1.39 bits per heavy atom. The number of carbonyl (C=O) groups is 1. The van der Waals surface area contributed by atoms with Gasteiger partial charge in [-0.1, -0.05) is 12.1 Å². The van der Waals surface area contributed by atoms with Crippen molar-refractivity contribution in [3.05, 3.63) is 29.3 Å². The SMILES string of the molecule is CN=C(NCCCN1CCCC(C(N)=O)C1)NCc1ccc(C)cc1OC.I. The summed E-state index contributed by atoms with van der Waals surface area (Å²) < 4.78 is 5.44. The number of hydrogen-bond donors (Lipinski definition) is 3. The number of carbonyl (C=O) groups excluding carboxylic acids is 1. The number of nitrogens with one attached hydrogen (secondary N) is 2. The molecular weight excluding hydrogens is 469 g/mol. The summed E-state index contributed by atoms with van der Waals surface area (Å²) in [6.45, 7) is 6.31. The lowest BCUT2D eigenvalue weighted by atomic mass is 9.97. The van der Waals surface area contributed by atoms with Gasteiger partial charge in [0.05, 0.1) is 13.0 Å². The average molecular weight is 503 g/mol. The van der Waals surface area contributed by atoms with Crippen molar-refractivity contribution in [3.8, 4) is 5.75 Å². The topological polar surface area (TPSA) is 92.0 Å². The van der Waals surface area contributed by atoms with Crippen molar-refractivity contribution in [2.75, 3.05) is 40.3 Å². The van der Waals surface area contributed by atoms with Crippen LogP contribution in [0.5, 0.6) is 5.75 Å². The Morgan fingerprint density at radius 3 is 2.86 bits per heavy atom. The summed E-state index contributed by atoms with van der Waals surface area (Å²) >= 11 is 0. The number of likely N-dealkylation sites (tertiary alicyclic amines) is 1.